The number of amides is 4. The molecule has 4 aromatic rings. The number of nitrogens with one attached hydrogen (secondary N) is 2. The van der Waals surface area contributed by atoms with Gasteiger partial charge in [0.2, 0.25) is 23.6 Å². The van der Waals surface area contributed by atoms with Gasteiger partial charge in [0, 0.05) is 85.3 Å². The van der Waals surface area contributed by atoms with Crippen LogP contribution < -0.4 is 20.3 Å². The number of carbonyl (C=O) groups is 4. The molecule has 2 unspecified atom stereocenters. The van der Waals surface area contributed by atoms with Crippen LogP contribution in [0.3, 0.4) is 0 Å². The molecule has 2 aromatic heterocycles. The van der Waals surface area contributed by atoms with Gasteiger partial charge in [0.15, 0.2) is 5.82 Å². The molecule has 8 aliphatic rings. The zero-order chi connectivity index (χ0) is 49.3. The number of fused-ring (bicyclic) bond motifs is 3. The maximum Gasteiger partial charge on any atom is 0.234 e. The molecule has 3 aliphatic carbocycles. The fourth-order valence-corrected chi connectivity index (χ4v) is 13.7. The predicted octanol–water partition coefficient (Wildman–Crippen LogP) is 7.67. The summed E-state index contributed by atoms with van der Waals surface area (Å²) in [5.74, 6) is 1.12. The Morgan fingerprint density at radius 3 is 2.17 bits per heavy atom. The first kappa shape index (κ1) is 47.5. The Kier molecular flexibility index (Phi) is 12.8. The van der Waals surface area contributed by atoms with Crippen LogP contribution in [0, 0.1) is 11.8 Å². The van der Waals surface area contributed by atoms with E-state index < -0.39 is 11.6 Å². The number of hydrogen-bond donors (Lipinski definition) is 3. The highest BCUT2D eigenvalue weighted by Gasteiger charge is 2.56. The lowest BCUT2D eigenvalue weighted by molar-refractivity contribution is -0.144. The predicted molar refractivity (Wildman–Crippen MR) is 275 cm³/mol. The zero-order valence-electron chi connectivity index (χ0n) is 42.3. The number of nitrogens with zero attached hydrogens (tertiary/aromatic N) is 7. The number of aromatic nitrogens is 3. The lowest BCUT2D eigenvalue weighted by atomic mass is 9.72. The van der Waals surface area contributed by atoms with Gasteiger partial charge in [-0.1, -0.05) is 30.7 Å². The Hall–Kier alpha value is -5.54. The third-order valence-electron chi connectivity index (χ3n) is 18.3. The van der Waals surface area contributed by atoms with Crippen molar-refractivity contribution in [3.05, 3.63) is 66.0 Å². The number of imidazole rings is 1. The number of hydrogen-bond acceptors (Lipinski definition) is 11. The summed E-state index contributed by atoms with van der Waals surface area (Å²) < 4.78 is 8.53. The van der Waals surface area contributed by atoms with E-state index in [4.69, 9.17) is 14.7 Å². The van der Waals surface area contributed by atoms with Crippen molar-refractivity contribution in [3.63, 3.8) is 0 Å². The minimum Gasteiger partial charge on any atom is -0.490 e. The summed E-state index contributed by atoms with van der Waals surface area (Å²) in [5.41, 5.74) is 6.61. The smallest absolute Gasteiger partial charge is 0.234 e. The molecule has 5 aliphatic heterocycles. The van der Waals surface area contributed by atoms with Crippen molar-refractivity contribution >= 4 is 46.2 Å². The maximum absolute atomic E-state index is 14.3. The SMILES string of the molecule is CC(C)n1cnc2cc(-c3ccc4c(c3)N(C3CC(N5CCCCC5)C3)C(O)C43CCN(C(=O)C4CCN(C(=O)C5CCC(Oc6ccc(C7CCC(=O)NC7=O)cc6)CC5)CC4)CC3)nc(NC3CC3)c21. The molecule has 4 amide bonds. The highest BCUT2D eigenvalue weighted by atomic mass is 16.5. The van der Waals surface area contributed by atoms with Crippen molar-refractivity contribution in [2.24, 2.45) is 11.8 Å². The quantitative estimate of drug-likeness (QED) is 0.126. The van der Waals surface area contributed by atoms with E-state index in [-0.39, 0.29) is 59.6 Å². The number of aliphatic hydroxyl groups is 1. The summed E-state index contributed by atoms with van der Waals surface area (Å²) in [6, 6.07) is 18.0. The van der Waals surface area contributed by atoms with Gasteiger partial charge in [0.1, 0.15) is 17.5 Å². The number of anilines is 2. The van der Waals surface area contributed by atoms with Crippen molar-refractivity contribution in [1.82, 2.24) is 34.6 Å². The molecule has 7 fully saturated rings. The van der Waals surface area contributed by atoms with Crippen LogP contribution in [-0.2, 0) is 24.6 Å². The molecular formula is C57H73N9O6. The van der Waals surface area contributed by atoms with Crippen LogP contribution in [0.25, 0.3) is 22.3 Å². The maximum atomic E-state index is 14.3. The van der Waals surface area contributed by atoms with Gasteiger partial charge in [-0.2, -0.15) is 0 Å². The molecular weight excluding hydrogens is 907 g/mol. The van der Waals surface area contributed by atoms with E-state index in [1.807, 2.05) is 35.5 Å². The van der Waals surface area contributed by atoms with Crippen molar-refractivity contribution in [2.45, 2.75) is 171 Å². The fraction of sp³-hybridized carbons (Fsp3) is 0.614. The lowest BCUT2D eigenvalue weighted by Gasteiger charge is -2.51. The van der Waals surface area contributed by atoms with Crippen molar-refractivity contribution in [2.75, 3.05) is 49.5 Å². The van der Waals surface area contributed by atoms with Crippen LogP contribution in [0.5, 0.6) is 5.75 Å². The number of rotatable bonds is 11. The van der Waals surface area contributed by atoms with Crippen LogP contribution in [0.15, 0.2) is 54.9 Å². The molecule has 2 aromatic carbocycles. The molecule has 12 rings (SSSR count). The minimum atomic E-state index is -0.675. The summed E-state index contributed by atoms with van der Waals surface area (Å²) in [6.07, 6.45) is 16.3. The van der Waals surface area contributed by atoms with E-state index in [0.717, 1.165) is 96.5 Å². The van der Waals surface area contributed by atoms with Crippen molar-refractivity contribution < 1.29 is 29.0 Å². The Labute approximate surface area is 423 Å². The van der Waals surface area contributed by atoms with E-state index in [1.54, 1.807) is 0 Å². The van der Waals surface area contributed by atoms with Gasteiger partial charge in [-0.15, -0.1) is 0 Å². The standard InChI is InChI=1S/C57H73N9O6/c1-35(2)65-34-58-48-33-47(60-52(51(48)65)59-40-11-12-40)39-10-18-46-49(30-39)66(42-31-41(32-42)62-24-4-3-5-25-62)56(71)57(46)22-28-64(29-23-57)55(70)38-20-26-63(27-21-38)54(69)37-8-15-44(16-9-37)72-43-13-6-36(7-14-43)45-17-19-50(67)61-53(45)68/h6-7,10,13-14,18,30,33-35,37-38,40-42,44-45,56,71H,3-5,8-9,11-12,15-17,19-29,31-32H2,1-2H3,(H,59,60)(H,61,67,68). The Morgan fingerprint density at radius 1 is 0.792 bits per heavy atom. The average molecular weight is 980 g/mol. The normalized spacial score (nSPS) is 28.0. The molecule has 3 N–H and O–H groups in total. The van der Waals surface area contributed by atoms with Crippen molar-refractivity contribution in [3.8, 4) is 17.0 Å². The number of piperidine rings is 4. The van der Waals surface area contributed by atoms with Gasteiger partial charge < -0.3 is 39.3 Å². The molecule has 2 atom stereocenters. The second-order valence-electron chi connectivity index (χ2n) is 23.0. The first-order valence-corrected chi connectivity index (χ1v) is 27.7. The highest BCUT2D eigenvalue weighted by molar-refractivity contribution is 6.01. The fourth-order valence-electron chi connectivity index (χ4n) is 13.7. The molecule has 382 valence electrons. The molecule has 7 heterocycles. The molecule has 15 heteroatoms. The second-order valence-corrected chi connectivity index (χ2v) is 23.0. The summed E-state index contributed by atoms with van der Waals surface area (Å²) in [4.78, 5) is 71.3. The number of carbonyl (C=O) groups excluding carboxylic acids is 4. The van der Waals surface area contributed by atoms with E-state index in [0.29, 0.717) is 76.8 Å². The van der Waals surface area contributed by atoms with Crippen molar-refractivity contribution in [1.29, 1.82) is 0 Å². The van der Waals surface area contributed by atoms with Gasteiger partial charge in [-0.3, -0.25) is 24.5 Å². The number of aliphatic hydroxyl groups excluding tert-OH is 1. The Balaban J connectivity index is 0.680. The second kappa shape index (κ2) is 19.4. The molecule has 0 bridgehead atoms. The van der Waals surface area contributed by atoms with Gasteiger partial charge in [0.25, 0.3) is 0 Å². The van der Waals surface area contributed by atoms with E-state index >= 15 is 0 Å². The van der Waals surface area contributed by atoms with Gasteiger partial charge >= 0.3 is 0 Å². The number of imide groups is 1. The van der Waals surface area contributed by atoms with Crippen LogP contribution in [-0.4, -0.2) is 128 Å². The number of pyridine rings is 1. The first-order chi connectivity index (χ1) is 35.0. The van der Waals surface area contributed by atoms with Crippen LogP contribution >= 0.6 is 0 Å². The van der Waals surface area contributed by atoms with Crippen LogP contribution in [0.2, 0.25) is 0 Å². The summed E-state index contributed by atoms with van der Waals surface area (Å²) >= 11 is 0. The first-order valence-electron chi connectivity index (χ1n) is 27.7. The lowest BCUT2D eigenvalue weighted by Crippen LogP contribution is -2.60. The topological polar surface area (TPSA) is 165 Å². The highest BCUT2D eigenvalue weighted by Crippen LogP contribution is 2.54. The number of benzene rings is 2. The van der Waals surface area contributed by atoms with E-state index in [9.17, 15) is 24.3 Å². The third kappa shape index (κ3) is 8.93. The van der Waals surface area contributed by atoms with Crippen LogP contribution in [0.1, 0.15) is 146 Å². The number of ether oxygens (including phenoxy) is 1. The van der Waals surface area contributed by atoms with E-state index in [2.05, 4.69) is 68.0 Å². The average Bonchev–Trinajstić information content (AvgIpc) is 4.05. The van der Waals surface area contributed by atoms with Gasteiger partial charge in [-0.25, -0.2) is 9.97 Å². The summed E-state index contributed by atoms with van der Waals surface area (Å²) in [7, 11) is 0. The molecule has 3 saturated carbocycles. The summed E-state index contributed by atoms with van der Waals surface area (Å²) in [6.45, 7) is 9.13. The Morgan fingerprint density at radius 2 is 1.49 bits per heavy atom. The molecule has 1 spiro atoms. The third-order valence-corrected chi connectivity index (χ3v) is 18.3. The number of likely N-dealkylation sites (tertiary alicyclic amines) is 3. The summed E-state index contributed by atoms with van der Waals surface area (Å²) in [5, 5.41) is 18.9. The molecule has 15 nitrogen and oxygen atoms in total. The zero-order valence-corrected chi connectivity index (χ0v) is 42.3. The monoisotopic (exact) mass is 980 g/mol. The van der Waals surface area contributed by atoms with Crippen LogP contribution in [0.4, 0.5) is 11.5 Å². The van der Waals surface area contributed by atoms with E-state index in [1.165, 1.54) is 37.9 Å². The molecule has 72 heavy (non-hydrogen) atoms. The molecule has 4 saturated heterocycles. The molecule has 0 radical (unpaired) electrons. The minimum absolute atomic E-state index is 0.0268. The van der Waals surface area contributed by atoms with Gasteiger partial charge in [0.05, 0.1) is 29.6 Å². The largest absolute Gasteiger partial charge is 0.490 e. The van der Waals surface area contributed by atoms with Gasteiger partial charge in [-0.05, 0) is 159 Å². The Bertz CT molecular complexity index is 2680.